The number of benzene rings is 2. The molecule has 1 aliphatic heterocycles. The maximum atomic E-state index is 11.9. The van der Waals surface area contributed by atoms with Crippen molar-refractivity contribution in [2.24, 2.45) is 10.7 Å². The van der Waals surface area contributed by atoms with Crippen molar-refractivity contribution in [1.82, 2.24) is 10.2 Å². The summed E-state index contributed by atoms with van der Waals surface area (Å²) in [4.78, 5) is 18.3. The monoisotopic (exact) mass is 418 g/mol. The third-order valence-corrected chi connectivity index (χ3v) is 5.43. The highest BCUT2D eigenvalue weighted by molar-refractivity contribution is 6.35. The molecule has 7 heteroatoms. The van der Waals surface area contributed by atoms with Crippen molar-refractivity contribution in [3.63, 3.8) is 0 Å². The van der Waals surface area contributed by atoms with E-state index in [4.69, 9.17) is 28.9 Å². The summed E-state index contributed by atoms with van der Waals surface area (Å²) < 4.78 is 0. The normalized spacial score (nSPS) is 15.8. The maximum absolute atomic E-state index is 11.9. The number of nitrogens with two attached hydrogens (primary N) is 1. The SMILES string of the molecule is CC(NC(N)=NCc1ccccc1CN1CCCC1=O)c1ccc(Cl)cc1Cl. The Hall–Kier alpha value is -2.24. The molecule has 3 N–H and O–H groups in total. The molecule has 0 aliphatic carbocycles. The Bertz CT molecular complexity index is 884. The summed E-state index contributed by atoms with van der Waals surface area (Å²) in [5, 5.41) is 4.34. The first-order valence-electron chi connectivity index (χ1n) is 9.30. The first-order chi connectivity index (χ1) is 13.4. The molecule has 2 aromatic carbocycles. The van der Waals surface area contributed by atoms with Crippen LogP contribution in [0.4, 0.5) is 0 Å². The molecule has 1 amide bonds. The molecular weight excluding hydrogens is 395 g/mol. The van der Waals surface area contributed by atoms with Gasteiger partial charge in [0.2, 0.25) is 5.91 Å². The van der Waals surface area contributed by atoms with Crippen molar-refractivity contribution in [2.75, 3.05) is 6.54 Å². The van der Waals surface area contributed by atoms with Crippen LogP contribution >= 0.6 is 23.2 Å². The minimum atomic E-state index is -0.106. The predicted molar refractivity (Wildman–Crippen MR) is 114 cm³/mol. The van der Waals surface area contributed by atoms with Crippen LogP contribution in [-0.2, 0) is 17.9 Å². The van der Waals surface area contributed by atoms with Gasteiger partial charge in [-0.1, -0.05) is 53.5 Å². The molecule has 2 aromatic rings. The smallest absolute Gasteiger partial charge is 0.222 e. The number of hydrogen-bond acceptors (Lipinski definition) is 2. The first-order valence-corrected chi connectivity index (χ1v) is 10.1. The van der Waals surface area contributed by atoms with Crippen LogP contribution in [0.3, 0.4) is 0 Å². The Morgan fingerprint density at radius 3 is 2.68 bits per heavy atom. The largest absolute Gasteiger partial charge is 0.370 e. The highest BCUT2D eigenvalue weighted by atomic mass is 35.5. The topological polar surface area (TPSA) is 70.7 Å². The van der Waals surface area contributed by atoms with E-state index in [9.17, 15) is 4.79 Å². The van der Waals surface area contributed by atoms with Gasteiger partial charge in [-0.25, -0.2) is 4.99 Å². The third kappa shape index (κ3) is 5.18. The van der Waals surface area contributed by atoms with E-state index in [0.29, 0.717) is 35.5 Å². The number of guanidine groups is 1. The molecule has 1 atom stereocenters. The second kappa shape index (κ2) is 9.30. The molecule has 0 spiro atoms. The van der Waals surface area contributed by atoms with Crippen molar-refractivity contribution in [3.05, 3.63) is 69.2 Å². The fraction of sp³-hybridized carbons (Fsp3) is 0.333. The van der Waals surface area contributed by atoms with Crippen LogP contribution in [0.1, 0.15) is 42.5 Å². The molecule has 3 rings (SSSR count). The van der Waals surface area contributed by atoms with Gasteiger partial charge in [-0.15, -0.1) is 0 Å². The molecule has 28 heavy (non-hydrogen) atoms. The number of carbonyl (C=O) groups is 1. The number of carbonyl (C=O) groups excluding carboxylic acids is 1. The fourth-order valence-electron chi connectivity index (χ4n) is 3.31. The van der Waals surface area contributed by atoms with E-state index >= 15 is 0 Å². The Kier molecular flexibility index (Phi) is 6.81. The Balaban J connectivity index is 1.65. The van der Waals surface area contributed by atoms with Gasteiger partial charge in [-0.3, -0.25) is 4.79 Å². The van der Waals surface area contributed by atoms with Crippen molar-refractivity contribution in [2.45, 2.75) is 38.9 Å². The second-order valence-corrected chi connectivity index (χ2v) is 7.76. The summed E-state index contributed by atoms with van der Waals surface area (Å²) in [7, 11) is 0. The van der Waals surface area contributed by atoms with Gasteiger partial charge in [-0.2, -0.15) is 0 Å². The molecule has 5 nitrogen and oxygen atoms in total. The quantitative estimate of drug-likeness (QED) is 0.542. The highest BCUT2D eigenvalue weighted by Crippen LogP contribution is 2.26. The summed E-state index contributed by atoms with van der Waals surface area (Å²) in [6, 6.07) is 13.3. The van der Waals surface area contributed by atoms with Gasteiger partial charge in [0.25, 0.3) is 0 Å². The van der Waals surface area contributed by atoms with Gasteiger partial charge in [-0.05, 0) is 42.2 Å². The van der Waals surface area contributed by atoms with E-state index in [1.165, 1.54) is 0 Å². The molecule has 1 fully saturated rings. The molecule has 0 saturated carbocycles. The van der Waals surface area contributed by atoms with E-state index in [0.717, 1.165) is 29.7 Å². The van der Waals surface area contributed by atoms with Crippen LogP contribution in [0.5, 0.6) is 0 Å². The number of hydrogen-bond donors (Lipinski definition) is 2. The first kappa shape index (κ1) is 20.5. The molecule has 1 aliphatic rings. The zero-order valence-corrected chi connectivity index (χ0v) is 17.3. The van der Waals surface area contributed by atoms with Crippen molar-refractivity contribution in [1.29, 1.82) is 0 Å². The van der Waals surface area contributed by atoms with Gasteiger partial charge in [0.05, 0.1) is 12.6 Å². The van der Waals surface area contributed by atoms with Crippen LogP contribution in [0.25, 0.3) is 0 Å². The maximum Gasteiger partial charge on any atom is 0.222 e. The molecule has 1 heterocycles. The van der Waals surface area contributed by atoms with Crippen molar-refractivity contribution < 1.29 is 4.79 Å². The summed E-state index contributed by atoms with van der Waals surface area (Å²) in [6.45, 7) is 3.84. The van der Waals surface area contributed by atoms with Gasteiger partial charge < -0.3 is 16.0 Å². The van der Waals surface area contributed by atoms with Crippen LogP contribution < -0.4 is 11.1 Å². The number of likely N-dealkylation sites (tertiary alicyclic amines) is 1. The van der Waals surface area contributed by atoms with E-state index in [-0.39, 0.29) is 11.9 Å². The molecule has 1 unspecified atom stereocenters. The molecule has 0 radical (unpaired) electrons. The lowest BCUT2D eigenvalue weighted by Crippen LogP contribution is -2.34. The summed E-state index contributed by atoms with van der Waals surface area (Å²) in [5.41, 5.74) is 9.14. The van der Waals surface area contributed by atoms with Gasteiger partial charge >= 0.3 is 0 Å². The fourth-order valence-corrected chi connectivity index (χ4v) is 3.88. The minimum absolute atomic E-state index is 0.106. The Morgan fingerprint density at radius 1 is 1.25 bits per heavy atom. The number of halogens is 2. The van der Waals surface area contributed by atoms with Gasteiger partial charge in [0, 0.05) is 29.6 Å². The van der Waals surface area contributed by atoms with Gasteiger partial charge in [0.15, 0.2) is 5.96 Å². The zero-order chi connectivity index (χ0) is 20.1. The zero-order valence-electron chi connectivity index (χ0n) is 15.8. The second-order valence-electron chi connectivity index (χ2n) is 6.92. The number of aliphatic imine (C=N–C) groups is 1. The molecule has 0 bridgehead atoms. The summed E-state index contributed by atoms with van der Waals surface area (Å²) >= 11 is 12.2. The van der Waals surface area contributed by atoms with Gasteiger partial charge in [0.1, 0.15) is 0 Å². The van der Waals surface area contributed by atoms with E-state index in [1.54, 1.807) is 12.1 Å². The lowest BCUT2D eigenvalue weighted by atomic mass is 10.1. The average Bonchev–Trinajstić information content (AvgIpc) is 3.05. The van der Waals surface area contributed by atoms with E-state index in [1.807, 2.05) is 42.2 Å². The third-order valence-electron chi connectivity index (χ3n) is 4.86. The number of amides is 1. The number of nitrogens with one attached hydrogen (secondary N) is 1. The highest BCUT2D eigenvalue weighted by Gasteiger charge is 2.20. The van der Waals surface area contributed by atoms with Crippen LogP contribution in [0, 0.1) is 0 Å². The average molecular weight is 419 g/mol. The lowest BCUT2D eigenvalue weighted by molar-refractivity contribution is -0.128. The van der Waals surface area contributed by atoms with Crippen LogP contribution in [0.2, 0.25) is 10.0 Å². The summed E-state index contributed by atoms with van der Waals surface area (Å²) in [6.07, 6.45) is 1.57. The summed E-state index contributed by atoms with van der Waals surface area (Å²) in [5.74, 6) is 0.554. The minimum Gasteiger partial charge on any atom is -0.370 e. The lowest BCUT2D eigenvalue weighted by Gasteiger charge is -2.18. The van der Waals surface area contributed by atoms with Crippen LogP contribution in [0.15, 0.2) is 47.5 Å². The number of rotatable bonds is 6. The van der Waals surface area contributed by atoms with E-state index < -0.39 is 0 Å². The molecule has 1 saturated heterocycles. The standard InChI is InChI=1S/C21H24Cl2N4O/c1-14(18-9-8-17(22)11-19(18)23)26-21(24)25-12-15-5-2-3-6-16(15)13-27-10-4-7-20(27)28/h2-3,5-6,8-9,11,14H,4,7,10,12-13H2,1H3,(H3,24,25,26). The molecule has 148 valence electrons. The van der Waals surface area contributed by atoms with Crippen molar-refractivity contribution in [3.8, 4) is 0 Å². The molecule has 0 aromatic heterocycles. The number of nitrogens with zero attached hydrogens (tertiary/aromatic N) is 2. The Morgan fingerprint density at radius 2 is 2.00 bits per heavy atom. The van der Waals surface area contributed by atoms with Crippen LogP contribution in [-0.4, -0.2) is 23.3 Å². The molecular formula is C21H24Cl2N4O. The Labute approximate surface area is 175 Å². The predicted octanol–water partition coefficient (Wildman–Crippen LogP) is 4.28. The van der Waals surface area contributed by atoms with Crippen molar-refractivity contribution >= 4 is 35.1 Å². The van der Waals surface area contributed by atoms with E-state index in [2.05, 4.69) is 10.3 Å².